The number of rotatable bonds is 5. The number of ketones is 1. The molecular formula is C27H22BrN3O5. The first-order valence-corrected chi connectivity index (χ1v) is 11.9. The molecule has 5 rings (SSSR count). The van der Waals surface area contributed by atoms with E-state index in [9.17, 15) is 19.8 Å². The number of benzene rings is 2. The summed E-state index contributed by atoms with van der Waals surface area (Å²) in [7, 11) is 1.41. The number of halogens is 1. The Morgan fingerprint density at radius 3 is 2.56 bits per heavy atom. The smallest absolute Gasteiger partial charge is 0.295 e. The number of carbonyl (C=O) groups is 2. The van der Waals surface area contributed by atoms with Gasteiger partial charge in [0, 0.05) is 12.7 Å². The summed E-state index contributed by atoms with van der Waals surface area (Å²) in [5, 5.41) is 21.9. The molecule has 0 saturated carbocycles. The molecule has 0 bridgehead atoms. The average Bonchev–Trinajstić information content (AvgIpc) is 3.34. The first-order chi connectivity index (χ1) is 17.3. The topological polar surface area (TPSA) is 104 Å². The summed E-state index contributed by atoms with van der Waals surface area (Å²) >= 11 is 3.33. The number of likely N-dealkylation sites (tertiary alicyclic amines) is 1. The number of aliphatic hydroxyl groups excluding tert-OH is 1. The standard InChI is InChI=1S/C27H22BrN3O5/c1-15-22(30-11-7-6-10-20(30)29-15)25(33)21-23(17-12-18(28)24(32)19(13-17)36-2)31(27(35)26(21)34)14-16-8-4-3-5-9-16/h3-13,23,32-33H,14H2,1-2H3. The Balaban J connectivity index is 1.76. The highest BCUT2D eigenvalue weighted by molar-refractivity contribution is 9.10. The first kappa shape index (κ1) is 23.6. The van der Waals surface area contributed by atoms with Crippen LogP contribution in [0.5, 0.6) is 11.5 Å². The Kier molecular flexibility index (Phi) is 6.01. The predicted octanol–water partition coefficient (Wildman–Crippen LogP) is 4.74. The highest BCUT2D eigenvalue weighted by atomic mass is 79.9. The van der Waals surface area contributed by atoms with Gasteiger partial charge >= 0.3 is 0 Å². The molecule has 1 aliphatic heterocycles. The number of phenolic OH excluding ortho intramolecular Hbond substituents is 1. The monoisotopic (exact) mass is 547 g/mol. The number of fused-ring (bicyclic) bond motifs is 1. The van der Waals surface area contributed by atoms with E-state index in [1.807, 2.05) is 36.4 Å². The van der Waals surface area contributed by atoms with Crippen LogP contribution in [0.3, 0.4) is 0 Å². The Labute approximate surface area is 215 Å². The zero-order valence-electron chi connectivity index (χ0n) is 19.5. The number of methoxy groups -OCH3 is 1. The van der Waals surface area contributed by atoms with E-state index < -0.39 is 17.7 Å². The Morgan fingerprint density at radius 1 is 1.11 bits per heavy atom. The summed E-state index contributed by atoms with van der Waals surface area (Å²) in [4.78, 5) is 32.7. The van der Waals surface area contributed by atoms with Gasteiger partial charge in [-0.1, -0.05) is 36.4 Å². The normalized spacial score (nSPS) is 17.2. The van der Waals surface area contributed by atoms with E-state index in [0.29, 0.717) is 27.1 Å². The number of aromatic hydroxyl groups is 1. The highest BCUT2D eigenvalue weighted by Crippen LogP contribution is 2.45. The van der Waals surface area contributed by atoms with Gasteiger partial charge in [-0.05, 0) is 58.2 Å². The van der Waals surface area contributed by atoms with Gasteiger partial charge in [0.1, 0.15) is 11.3 Å². The number of Topliss-reactive ketones (excluding diaryl/α,β-unsaturated/α-hetero) is 1. The number of nitrogens with zero attached hydrogens (tertiary/aromatic N) is 3. The van der Waals surface area contributed by atoms with E-state index in [2.05, 4.69) is 20.9 Å². The SMILES string of the molecule is COc1cc(C2C(=C(O)c3c(C)nc4ccccn34)C(=O)C(=O)N2Cc2ccccc2)cc(Br)c1O. The fourth-order valence-corrected chi connectivity index (χ4v) is 5.06. The van der Waals surface area contributed by atoms with Crippen molar-refractivity contribution < 1.29 is 24.5 Å². The third-order valence-corrected chi connectivity index (χ3v) is 6.86. The van der Waals surface area contributed by atoms with Crippen LogP contribution in [-0.2, 0) is 16.1 Å². The van der Waals surface area contributed by atoms with Crippen molar-refractivity contribution in [1.29, 1.82) is 0 Å². The van der Waals surface area contributed by atoms with Crippen LogP contribution in [0.2, 0.25) is 0 Å². The molecule has 1 saturated heterocycles. The summed E-state index contributed by atoms with van der Waals surface area (Å²) in [6.45, 7) is 1.87. The van der Waals surface area contributed by atoms with Gasteiger partial charge in [0.05, 0.1) is 28.9 Å². The van der Waals surface area contributed by atoms with Gasteiger partial charge in [0.2, 0.25) is 0 Å². The van der Waals surface area contributed by atoms with E-state index in [0.717, 1.165) is 5.56 Å². The second-order valence-corrected chi connectivity index (χ2v) is 9.30. The minimum Gasteiger partial charge on any atom is -0.505 e. The minimum absolute atomic E-state index is 0.0654. The van der Waals surface area contributed by atoms with E-state index in [1.54, 1.807) is 41.8 Å². The van der Waals surface area contributed by atoms with Crippen molar-refractivity contribution in [3.63, 3.8) is 0 Å². The van der Waals surface area contributed by atoms with Gasteiger partial charge in [-0.2, -0.15) is 0 Å². The summed E-state index contributed by atoms with van der Waals surface area (Å²) < 4.78 is 7.32. The molecule has 1 atom stereocenters. The molecule has 0 aliphatic carbocycles. The second kappa shape index (κ2) is 9.16. The lowest BCUT2D eigenvalue weighted by Crippen LogP contribution is -2.29. The van der Waals surface area contributed by atoms with E-state index >= 15 is 0 Å². The number of aliphatic hydroxyl groups is 1. The molecule has 8 nitrogen and oxygen atoms in total. The Bertz CT molecular complexity index is 1540. The van der Waals surface area contributed by atoms with Crippen molar-refractivity contribution in [1.82, 2.24) is 14.3 Å². The molecule has 1 aliphatic rings. The Hall–Kier alpha value is -4.11. The van der Waals surface area contributed by atoms with Gasteiger partial charge in [-0.15, -0.1) is 0 Å². The zero-order valence-corrected chi connectivity index (χ0v) is 21.1. The van der Waals surface area contributed by atoms with Crippen molar-refractivity contribution in [2.75, 3.05) is 7.11 Å². The van der Waals surface area contributed by atoms with Gasteiger partial charge in [-0.25, -0.2) is 4.98 Å². The van der Waals surface area contributed by atoms with Crippen LogP contribution in [0, 0.1) is 6.92 Å². The number of hydrogen-bond donors (Lipinski definition) is 2. The fourth-order valence-electron chi connectivity index (χ4n) is 4.60. The number of hydrogen-bond acceptors (Lipinski definition) is 6. The Morgan fingerprint density at radius 2 is 1.83 bits per heavy atom. The fraction of sp³-hybridized carbons (Fsp3) is 0.148. The van der Waals surface area contributed by atoms with Crippen LogP contribution in [0.4, 0.5) is 0 Å². The van der Waals surface area contributed by atoms with Crippen LogP contribution < -0.4 is 4.74 Å². The molecule has 4 aromatic rings. The molecular weight excluding hydrogens is 526 g/mol. The molecule has 1 fully saturated rings. The summed E-state index contributed by atoms with van der Waals surface area (Å²) in [6.07, 6.45) is 1.74. The number of pyridine rings is 1. The van der Waals surface area contributed by atoms with Gasteiger partial charge in [-0.3, -0.25) is 14.0 Å². The number of phenols is 1. The number of imidazole rings is 1. The molecule has 36 heavy (non-hydrogen) atoms. The lowest BCUT2D eigenvalue weighted by molar-refractivity contribution is -0.140. The summed E-state index contributed by atoms with van der Waals surface area (Å²) in [5.74, 6) is -1.82. The maximum Gasteiger partial charge on any atom is 0.295 e. The van der Waals surface area contributed by atoms with Gasteiger partial charge in [0.25, 0.3) is 11.7 Å². The molecule has 1 amide bonds. The van der Waals surface area contributed by atoms with E-state index in [-0.39, 0.29) is 29.4 Å². The van der Waals surface area contributed by atoms with Crippen LogP contribution >= 0.6 is 15.9 Å². The van der Waals surface area contributed by atoms with Crippen LogP contribution in [0.15, 0.2) is 76.9 Å². The van der Waals surface area contributed by atoms with Crippen molar-refractivity contribution in [2.24, 2.45) is 0 Å². The summed E-state index contributed by atoms with van der Waals surface area (Å²) in [5.41, 5.74) is 2.68. The molecule has 1 unspecified atom stereocenters. The quantitative estimate of drug-likeness (QED) is 0.212. The van der Waals surface area contributed by atoms with Crippen LogP contribution in [-0.4, -0.2) is 43.3 Å². The van der Waals surface area contributed by atoms with Crippen molar-refractivity contribution >= 4 is 39.0 Å². The number of carbonyl (C=O) groups excluding carboxylic acids is 2. The zero-order chi connectivity index (χ0) is 25.6. The maximum atomic E-state index is 13.4. The van der Waals surface area contributed by atoms with Crippen LogP contribution in [0.25, 0.3) is 11.4 Å². The molecule has 182 valence electrons. The molecule has 3 heterocycles. The molecule has 0 radical (unpaired) electrons. The van der Waals surface area contributed by atoms with E-state index in [1.165, 1.54) is 12.0 Å². The lowest BCUT2D eigenvalue weighted by Gasteiger charge is -2.26. The third-order valence-electron chi connectivity index (χ3n) is 6.25. The number of aromatic nitrogens is 2. The third kappa shape index (κ3) is 3.81. The number of amides is 1. The molecule has 0 spiro atoms. The van der Waals surface area contributed by atoms with Gasteiger partial charge in [0.15, 0.2) is 17.3 Å². The van der Waals surface area contributed by atoms with Crippen molar-refractivity contribution in [3.8, 4) is 11.5 Å². The minimum atomic E-state index is -0.940. The van der Waals surface area contributed by atoms with Crippen LogP contribution in [0.1, 0.15) is 28.6 Å². The number of ether oxygens (including phenoxy) is 1. The molecule has 2 aromatic heterocycles. The van der Waals surface area contributed by atoms with Crippen molar-refractivity contribution in [2.45, 2.75) is 19.5 Å². The largest absolute Gasteiger partial charge is 0.505 e. The summed E-state index contributed by atoms with van der Waals surface area (Å²) in [6, 6.07) is 16.9. The molecule has 2 N–H and O–H groups in total. The molecule has 2 aromatic carbocycles. The maximum absolute atomic E-state index is 13.4. The molecule has 9 heteroatoms. The number of aryl methyl sites for hydroxylation is 1. The average molecular weight is 548 g/mol. The lowest BCUT2D eigenvalue weighted by atomic mass is 9.95. The van der Waals surface area contributed by atoms with E-state index in [4.69, 9.17) is 4.74 Å². The van der Waals surface area contributed by atoms with Gasteiger partial charge < -0.3 is 19.8 Å². The second-order valence-electron chi connectivity index (χ2n) is 8.44. The highest BCUT2D eigenvalue weighted by Gasteiger charge is 2.47. The predicted molar refractivity (Wildman–Crippen MR) is 137 cm³/mol. The first-order valence-electron chi connectivity index (χ1n) is 11.1. The van der Waals surface area contributed by atoms with Crippen molar-refractivity contribution in [3.05, 3.63) is 99.4 Å².